The van der Waals surface area contributed by atoms with Crippen LogP contribution in [0.3, 0.4) is 0 Å². The van der Waals surface area contributed by atoms with Crippen molar-refractivity contribution in [1.29, 1.82) is 0 Å². The molecule has 0 bridgehead atoms. The first kappa shape index (κ1) is 10.7. The highest BCUT2D eigenvalue weighted by molar-refractivity contribution is 5.11. The molecule has 0 aromatic heterocycles. The fourth-order valence-corrected chi connectivity index (χ4v) is 1.48. The van der Waals surface area contributed by atoms with Gasteiger partial charge in [-0.2, -0.15) is 0 Å². The van der Waals surface area contributed by atoms with Crippen molar-refractivity contribution in [1.82, 2.24) is 0 Å². The Labute approximate surface area is 71.7 Å². The average Bonchev–Trinajstić information content (AvgIpc) is 1.87. The smallest absolute Gasteiger partial charge is 0.0258 e. The molecule has 0 nitrogen and oxygen atoms in total. The van der Waals surface area contributed by atoms with Crippen molar-refractivity contribution in [3.05, 3.63) is 11.1 Å². The maximum atomic E-state index is 2.29. The van der Waals surface area contributed by atoms with Crippen LogP contribution in [0.1, 0.15) is 53.9 Å². The molecule has 0 aliphatic carbocycles. The highest BCUT2D eigenvalue weighted by atomic mass is 14.1. The number of hydrogen-bond acceptors (Lipinski definition) is 0. The highest BCUT2D eigenvalue weighted by Gasteiger charge is 2.03. The van der Waals surface area contributed by atoms with Crippen molar-refractivity contribution in [3.63, 3.8) is 0 Å². The van der Waals surface area contributed by atoms with E-state index >= 15 is 0 Å². The molecule has 0 saturated carbocycles. The van der Waals surface area contributed by atoms with Gasteiger partial charge in [0.15, 0.2) is 0 Å². The lowest BCUT2D eigenvalue weighted by Gasteiger charge is -2.12. The highest BCUT2D eigenvalue weighted by Crippen LogP contribution is 2.20. The quantitative estimate of drug-likeness (QED) is 0.533. The maximum absolute atomic E-state index is 2.29. The van der Waals surface area contributed by atoms with Gasteiger partial charge in [0.2, 0.25) is 0 Å². The van der Waals surface area contributed by atoms with E-state index < -0.39 is 0 Å². The molecule has 0 heterocycles. The summed E-state index contributed by atoms with van der Waals surface area (Å²) in [6.07, 6.45) is 3.96. The molecular formula is C11H22. The van der Waals surface area contributed by atoms with E-state index in [2.05, 4.69) is 34.6 Å². The number of hydrogen-bond donors (Lipinski definition) is 0. The SMILES string of the molecule is CCCCC(=C(C)C)C(C)C. The topological polar surface area (TPSA) is 0 Å². The van der Waals surface area contributed by atoms with Crippen molar-refractivity contribution in [2.45, 2.75) is 53.9 Å². The molecule has 0 rings (SSSR count). The van der Waals surface area contributed by atoms with E-state index in [-0.39, 0.29) is 0 Å². The fourth-order valence-electron chi connectivity index (χ4n) is 1.48. The molecule has 0 heteroatoms. The van der Waals surface area contributed by atoms with Crippen LogP contribution in [0.2, 0.25) is 0 Å². The zero-order valence-corrected chi connectivity index (χ0v) is 8.70. The molecule has 0 N–H and O–H groups in total. The van der Waals surface area contributed by atoms with Gasteiger partial charge in [0.1, 0.15) is 0 Å². The minimum atomic E-state index is 0.742. The number of allylic oxidation sites excluding steroid dienone is 2. The second-order valence-electron chi connectivity index (χ2n) is 3.78. The summed E-state index contributed by atoms with van der Waals surface area (Å²) in [6.45, 7) is 11.3. The van der Waals surface area contributed by atoms with Crippen LogP contribution in [0.5, 0.6) is 0 Å². The van der Waals surface area contributed by atoms with Gasteiger partial charge in [-0.1, -0.05) is 38.3 Å². The Morgan fingerprint density at radius 1 is 1.18 bits per heavy atom. The Bertz CT molecular complexity index is 125. The molecule has 11 heavy (non-hydrogen) atoms. The first-order valence-electron chi connectivity index (χ1n) is 4.75. The third-order valence-corrected chi connectivity index (χ3v) is 2.14. The molecule has 0 amide bonds. The molecule has 0 aliphatic rings. The van der Waals surface area contributed by atoms with Crippen molar-refractivity contribution in [2.24, 2.45) is 5.92 Å². The van der Waals surface area contributed by atoms with Crippen molar-refractivity contribution in [3.8, 4) is 0 Å². The van der Waals surface area contributed by atoms with Gasteiger partial charge in [0.05, 0.1) is 0 Å². The minimum absolute atomic E-state index is 0.742. The van der Waals surface area contributed by atoms with E-state index in [0.717, 1.165) is 5.92 Å². The molecule has 0 spiro atoms. The van der Waals surface area contributed by atoms with Gasteiger partial charge in [0, 0.05) is 0 Å². The summed E-state index contributed by atoms with van der Waals surface area (Å²) in [7, 11) is 0. The van der Waals surface area contributed by atoms with Crippen molar-refractivity contribution in [2.75, 3.05) is 0 Å². The lowest BCUT2D eigenvalue weighted by molar-refractivity contribution is 0.664. The molecule has 0 atom stereocenters. The fraction of sp³-hybridized carbons (Fsp3) is 0.818. The monoisotopic (exact) mass is 154 g/mol. The lowest BCUT2D eigenvalue weighted by atomic mass is 9.94. The average molecular weight is 154 g/mol. The molecule has 0 unspecified atom stereocenters. The maximum Gasteiger partial charge on any atom is -0.0258 e. The van der Waals surface area contributed by atoms with Gasteiger partial charge < -0.3 is 0 Å². The van der Waals surface area contributed by atoms with E-state index in [1.807, 2.05) is 0 Å². The van der Waals surface area contributed by atoms with E-state index in [1.165, 1.54) is 24.8 Å². The van der Waals surface area contributed by atoms with Gasteiger partial charge >= 0.3 is 0 Å². The van der Waals surface area contributed by atoms with Crippen LogP contribution in [-0.2, 0) is 0 Å². The van der Waals surface area contributed by atoms with Crippen LogP contribution in [-0.4, -0.2) is 0 Å². The third kappa shape index (κ3) is 4.23. The summed E-state index contributed by atoms with van der Waals surface area (Å²) in [6, 6.07) is 0. The molecule has 0 radical (unpaired) electrons. The minimum Gasteiger partial charge on any atom is -0.0770 e. The Morgan fingerprint density at radius 3 is 2.00 bits per heavy atom. The van der Waals surface area contributed by atoms with E-state index in [0.29, 0.717) is 0 Å². The van der Waals surface area contributed by atoms with Gasteiger partial charge in [-0.25, -0.2) is 0 Å². The number of unbranched alkanes of at least 4 members (excludes halogenated alkanes) is 1. The summed E-state index contributed by atoms with van der Waals surface area (Å²) in [5.41, 5.74) is 3.18. The molecule has 0 aromatic rings. The van der Waals surface area contributed by atoms with E-state index in [4.69, 9.17) is 0 Å². The first-order valence-corrected chi connectivity index (χ1v) is 4.75. The predicted octanol–water partition coefficient (Wildman–Crippen LogP) is 4.17. The normalized spacial score (nSPS) is 10.4. The standard InChI is InChI=1S/C11H22/c1-6-7-8-11(9(2)3)10(4)5/h9H,6-8H2,1-5H3. The van der Waals surface area contributed by atoms with Crippen LogP contribution in [0.25, 0.3) is 0 Å². The zero-order chi connectivity index (χ0) is 8.85. The second kappa shape index (κ2) is 5.40. The Hall–Kier alpha value is -0.260. The lowest BCUT2D eigenvalue weighted by Crippen LogP contribution is -1.96. The van der Waals surface area contributed by atoms with Gasteiger partial charge in [-0.3, -0.25) is 0 Å². The molecule has 0 saturated heterocycles. The van der Waals surface area contributed by atoms with Crippen LogP contribution < -0.4 is 0 Å². The molecule has 0 fully saturated rings. The van der Waals surface area contributed by atoms with Crippen LogP contribution in [0.15, 0.2) is 11.1 Å². The third-order valence-electron chi connectivity index (χ3n) is 2.14. The van der Waals surface area contributed by atoms with Crippen LogP contribution in [0, 0.1) is 5.92 Å². The summed E-state index contributed by atoms with van der Waals surface area (Å²) >= 11 is 0. The molecule has 66 valence electrons. The van der Waals surface area contributed by atoms with E-state index in [1.54, 1.807) is 5.57 Å². The summed E-state index contributed by atoms with van der Waals surface area (Å²) in [5.74, 6) is 0.742. The molecule has 0 aromatic carbocycles. The van der Waals surface area contributed by atoms with Gasteiger partial charge in [0.25, 0.3) is 0 Å². The van der Waals surface area contributed by atoms with E-state index in [9.17, 15) is 0 Å². The van der Waals surface area contributed by atoms with Crippen LogP contribution in [0.4, 0.5) is 0 Å². The summed E-state index contributed by atoms with van der Waals surface area (Å²) in [5, 5.41) is 0. The number of rotatable bonds is 4. The van der Waals surface area contributed by atoms with Gasteiger partial charge in [-0.05, 0) is 32.6 Å². The first-order chi connectivity index (χ1) is 5.09. The van der Waals surface area contributed by atoms with Crippen molar-refractivity contribution < 1.29 is 0 Å². The summed E-state index contributed by atoms with van der Waals surface area (Å²) in [4.78, 5) is 0. The second-order valence-corrected chi connectivity index (χ2v) is 3.78. The summed E-state index contributed by atoms with van der Waals surface area (Å²) < 4.78 is 0. The molecule has 0 aliphatic heterocycles. The van der Waals surface area contributed by atoms with Crippen molar-refractivity contribution >= 4 is 0 Å². The van der Waals surface area contributed by atoms with Gasteiger partial charge in [-0.15, -0.1) is 0 Å². The van der Waals surface area contributed by atoms with Crippen LogP contribution >= 0.6 is 0 Å². The zero-order valence-electron chi connectivity index (χ0n) is 8.70. The molecular weight excluding hydrogens is 132 g/mol. The largest absolute Gasteiger partial charge is 0.0770 e. The Kier molecular flexibility index (Phi) is 5.27. The Balaban J connectivity index is 4.03. The Morgan fingerprint density at radius 2 is 1.73 bits per heavy atom. The predicted molar refractivity (Wildman–Crippen MR) is 52.7 cm³/mol.